The molecular weight excluding hydrogens is 455 g/mol. The summed E-state index contributed by atoms with van der Waals surface area (Å²) in [5.41, 5.74) is 2.99. The van der Waals surface area contributed by atoms with Crippen molar-refractivity contribution in [2.45, 2.75) is 33.3 Å². The zero-order valence-electron chi connectivity index (χ0n) is 14.4. The molecule has 0 bridgehead atoms. The fourth-order valence-corrected chi connectivity index (χ4v) is 3.30. The molecular formula is C19H20ClIO4. The van der Waals surface area contributed by atoms with Crippen molar-refractivity contribution in [1.29, 1.82) is 0 Å². The Hall–Kier alpha value is -1.47. The number of rotatable bonds is 6. The molecule has 134 valence electrons. The second-order valence-electron chi connectivity index (χ2n) is 5.32. The van der Waals surface area contributed by atoms with Crippen molar-refractivity contribution in [3.8, 4) is 11.5 Å². The number of carbonyl (C=O) groups is 1. The van der Waals surface area contributed by atoms with Crippen LogP contribution in [0.5, 0.6) is 11.5 Å². The summed E-state index contributed by atoms with van der Waals surface area (Å²) in [6.45, 7) is 4.41. The van der Waals surface area contributed by atoms with Crippen LogP contribution < -0.4 is 9.47 Å². The van der Waals surface area contributed by atoms with Crippen LogP contribution in [0.3, 0.4) is 0 Å². The van der Waals surface area contributed by atoms with Crippen LogP contribution in [0.25, 0.3) is 0 Å². The zero-order valence-corrected chi connectivity index (χ0v) is 17.3. The number of hydrogen-bond acceptors (Lipinski definition) is 4. The highest BCUT2D eigenvalue weighted by atomic mass is 127. The number of methoxy groups -OCH3 is 1. The molecule has 0 saturated heterocycles. The fraction of sp³-hybridized carbons (Fsp3) is 0.316. The van der Waals surface area contributed by atoms with Crippen molar-refractivity contribution in [1.82, 2.24) is 0 Å². The van der Waals surface area contributed by atoms with Gasteiger partial charge >= 0.3 is 6.16 Å². The lowest BCUT2D eigenvalue weighted by Crippen LogP contribution is -2.11. The van der Waals surface area contributed by atoms with Crippen LogP contribution in [0.2, 0.25) is 5.02 Å². The number of ether oxygens (including phenoxy) is 3. The highest BCUT2D eigenvalue weighted by Gasteiger charge is 2.14. The van der Waals surface area contributed by atoms with Crippen LogP contribution >= 0.6 is 34.2 Å². The molecule has 0 N–H and O–H groups in total. The molecule has 0 aliphatic rings. The lowest BCUT2D eigenvalue weighted by molar-refractivity contribution is 0.120. The number of carbonyl (C=O) groups excluding carboxylic acids is 1. The molecule has 0 spiro atoms. The van der Waals surface area contributed by atoms with Crippen molar-refractivity contribution in [3.05, 3.63) is 55.6 Å². The van der Waals surface area contributed by atoms with E-state index in [1.807, 2.05) is 18.2 Å². The van der Waals surface area contributed by atoms with E-state index < -0.39 is 6.16 Å². The summed E-state index contributed by atoms with van der Waals surface area (Å²) in [6.07, 6.45) is 0.962. The quantitative estimate of drug-likeness (QED) is 0.302. The maximum Gasteiger partial charge on any atom is 0.513 e. The molecule has 4 nitrogen and oxygen atoms in total. The van der Waals surface area contributed by atoms with E-state index >= 15 is 0 Å². The maximum atomic E-state index is 11.4. The highest BCUT2D eigenvalue weighted by Crippen LogP contribution is 2.31. The highest BCUT2D eigenvalue weighted by molar-refractivity contribution is 14.1. The predicted octanol–water partition coefficient (Wildman–Crippen LogP) is 5.79. The molecule has 0 atom stereocenters. The van der Waals surface area contributed by atoms with Gasteiger partial charge in [0.15, 0.2) is 0 Å². The molecule has 2 aromatic carbocycles. The van der Waals surface area contributed by atoms with Crippen molar-refractivity contribution < 1.29 is 19.0 Å². The lowest BCUT2D eigenvalue weighted by atomic mass is 10.1. The first kappa shape index (κ1) is 19.8. The van der Waals surface area contributed by atoms with Crippen LogP contribution in [0.15, 0.2) is 30.3 Å². The van der Waals surface area contributed by atoms with Gasteiger partial charge in [0.2, 0.25) is 0 Å². The molecule has 0 amide bonds. The minimum Gasteiger partial charge on any atom is -0.488 e. The van der Waals surface area contributed by atoms with E-state index in [9.17, 15) is 4.79 Å². The summed E-state index contributed by atoms with van der Waals surface area (Å²) in [7, 11) is 1.28. The summed E-state index contributed by atoms with van der Waals surface area (Å²) in [5, 5.41) is 0.698. The number of halogens is 2. The maximum absolute atomic E-state index is 11.4. The Labute approximate surface area is 166 Å². The molecule has 0 aliphatic heterocycles. The molecule has 25 heavy (non-hydrogen) atoms. The van der Waals surface area contributed by atoms with Gasteiger partial charge in [0.25, 0.3) is 0 Å². The van der Waals surface area contributed by atoms with Gasteiger partial charge in [-0.2, -0.15) is 0 Å². The van der Waals surface area contributed by atoms with Gasteiger partial charge < -0.3 is 14.2 Å². The van der Waals surface area contributed by atoms with Gasteiger partial charge in [-0.15, -0.1) is 0 Å². The van der Waals surface area contributed by atoms with Crippen LogP contribution in [0.4, 0.5) is 4.79 Å². The third kappa shape index (κ3) is 5.01. The van der Waals surface area contributed by atoms with E-state index in [1.54, 1.807) is 6.07 Å². The minimum absolute atomic E-state index is 0.264. The van der Waals surface area contributed by atoms with E-state index in [4.69, 9.17) is 21.1 Å². The molecule has 0 unspecified atom stereocenters. The summed E-state index contributed by atoms with van der Waals surface area (Å²) >= 11 is 8.51. The molecule has 2 rings (SSSR count). The van der Waals surface area contributed by atoms with Crippen molar-refractivity contribution >= 4 is 40.3 Å². The third-order valence-electron chi connectivity index (χ3n) is 3.80. The molecule has 0 fully saturated rings. The fourth-order valence-electron chi connectivity index (χ4n) is 2.39. The van der Waals surface area contributed by atoms with Gasteiger partial charge in [-0.3, -0.25) is 0 Å². The third-order valence-corrected chi connectivity index (χ3v) is 5.16. The molecule has 6 heteroatoms. The first-order chi connectivity index (χ1) is 12.0. The Bertz CT molecular complexity index is 761. The topological polar surface area (TPSA) is 44.8 Å². The number of benzene rings is 2. The molecule has 0 saturated carbocycles. The lowest BCUT2D eigenvalue weighted by Gasteiger charge is -2.16. The Kier molecular flexibility index (Phi) is 7.38. The minimum atomic E-state index is -0.757. The zero-order chi connectivity index (χ0) is 18.4. The molecule has 0 heterocycles. The first-order valence-electron chi connectivity index (χ1n) is 7.97. The summed E-state index contributed by atoms with van der Waals surface area (Å²) in [4.78, 5) is 11.4. The number of aryl methyl sites for hydroxylation is 2. The van der Waals surface area contributed by atoms with Crippen LogP contribution in [0, 0.1) is 3.57 Å². The van der Waals surface area contributed by atoms with Gasteiger partial charge in [0, 0.05) is 14.2 Å². The smallest absolute Gasteiger partial charge is 0.488 e. The van der Waals surface area contributed by atoms with Gasteiger partial charge in [0.05, 0.1) is 7.11 Å². The first-order valence-corrected chi connectivity index (χ1v) is 9.43. The summed E-state index contributed by atoms with van der Waals surface area (Å²) in [6, 6.07) is 9.40. The average molecular weight is 475 g/mol. The van der Waals surface area contributed by atoms with Gasteiger partial charge in [0.1, 0.15) is 18.1 Å². The molecule has 0 aromatic heterocycles. The second kappa shape index (κ2) is 9.29. The van der Waals surface area contributed by atoms with E-state index in [0.29, 0.717) is 10.8 Å². The Morgan fingerprint density at radius 2 is 1.84 bits per heavy atom. The number of hydrogen-bond donors (Lipinski definition) is 0. The molecule has 2 aromatic rings. The summed E-state index contributed by atoms with van der Waals surface area (Å²) < 4.78 is 16.7. The van der Waals surface area contributed by atoms with E-state index in [0.717, 1.165) is 38.9 Å². The second-order valence-corrected chi connectivity index (χ2v) is 6.89. The van der Waals surface area contributed by atoms with Crippen LogP contribution in [0.1, 0.15) is 30.5 Å². The van der Waals surface area contributed by atoms with E-state index in [2.05, 4.69) is 47.2 Å². The van der Waals surface area contributed by atoms with Crippen LogP contribution in [-0.4, -0.2) is 13.3 Å². The molecule has 0 radical (unpaired) electrons. The summed E-state index contributed by atoms with van der Waals surface area (Å²) in [5.74, 6) is 1.17. The molecule has 0 aliphatic carbocycles. The Morgan fingerprint density at radius 1 is 1.12 bits per heavy atom. The van der Waals surface area contributed by atoms with Gasteiger partial charge in [-0.25, -0.2) is 4.79 Å². The monoisotopic (exact) mass is 474 g/mol. The predicted molar refractivity (Wildman–Crippen MR) is 107 cm³/mol. The van der Waals surface area contributed by atoms with Gasteiger partial charge in [-0.05, 0) is 64.8 Å². The van der Waals surface area contributed by atoms with Crippen LogP contribution in [-0.2, 0) is 24.2 Å². The van der Waals surface area contributed by atoms with Gasteiger partial charge in [-0.1, -0.05) is 37.6 Å². The van der Waals surface area contributed by atoms with E-state index in [1.165, 1.54) is 7.11 Å². The standard InChI is InChI=1S/C19H20ClIO4/c1-4-12-9-13(5-2)18(10-15(12)20)24-11-14-16(21)7-6-8-17(14)25-19(22)23-3/h6-10H,4-5,11H2,1-3H3. The van der Waals surface area contributed by atoms with Crippen molar-refractivity contribution in [2.24, 2.45) is 0 Å². The Morgan fingerprint density at radius 3 is 2.48 bits per heavy atom. The largest absolute Gasteiger partial charge is 0.513 e. The van der Waals surface area contributed by atoms with E-state index in [-0.39, 0.29) is 6.61 Å². The normalized spacial score (nSPS) is 10.4. The van der Waals surface area contributed by atoms with Crippen molar-refractivity contribution in [3.63, 3.8) is 0 Å². The SMILES string of the molecule is CCc1cc(CC)c(OCc2c(I)cccc2OC(=O)OC)cc1Cl. The average Bonchev–Trinajstić information content (AvgIpc) is 2.61. The van der Waals surface area contributed by atoms with Crippen molar-refractivity contribution in [2.75, 3.05) is 7.11 Å². The Balaban J connectivity index is 2.27.